The fraction of sp³-hybridized carbons (Fsp3) is 0.238. The van der Waals surface area contributed by atoms with Crippen molar-refractivity contribution in [3.8, 4) is 5.75 Å². The maximum Gasteiger partial charge on any atom is 0.245 e. The number of nitrogens with two attached hydrogens (primary N) is 1. The summed E-state index contributed by atoms with van der Waals surface area (Å²) in [5, 5.41) is 24.2. The lowest BCUT2D eigenvalue weighted by Gasteiger charge is -2.18. The number of sulfonamides is 3. The first-order valence-electron chi connectivity index (χ1n) is 11.2. The van der Waals surface area contributed by atoms with E-state index in [1.807, 2.05) is 0 Å². The molecule has 0 amide bonds. The van der Waals surface area contributed by atoms with Crippen LogP contribution < -0.4 is 9.86 Å². The third-order valence-electron chi connectivity index (χ3n) is 5.62. The lowest BCUT2D eigenvalue weighted by Crippen LogP contribution is -2.30. The Morgan fingerprint density at radius 2 is 1.59 bits per heavy atom. The Morgan fingerprint density at radius 1 is 0.949 bits per heavy atom. The molecule has 39 heavy (non-hydrogen) atoms. The number of anilines is 1. The van der Waals surface area contributed by atoms with Gasteiger partial charge in [-0.05, 0) is 24.3 Å². The molecule has 0 atom stereocenters. The van der Waals surface area contributed by atoms with Crippen LogP contribution in [0.5, 0.6) is 5.75 Å². The van der Waals surface area contributed by atoms with E-state index in [1.165, 1.54) is 34.6 Å². The van der Waals surface area contributed by atoms with Crippen LogP contribution in [0.2, 0.25) is 0 Å². The van der Waals surface area contributed by atoms with E-state index in [0.717, 1.165) is 24.1 Å². The van der Waals surface area contributed by atoms with E-state index in [1.54, 1.807) is 13.8 Å². The van der Waals surface area contributed by atoms with Gasteiger partial charge < -0.3 is 5.11 Å². The quantitative estimate of drug-likeness (QED) is 0.236. The Balaban J connectivity index is 1.95. The number of nitrogens with one attached hydrogen (secondary N) is 1. The zero-order valence-electron chi connectivity index (χ0n) is 20.7. The minimum atomic E-state index is -4.42. The summed E-state index contributed by atoms with van der Waals surface area (Å²) in [5.74, 6) is -0.694. The van der Waals surface area contributed by atoms with Crippen molar-refractivity contribution in [1.82, 2.24) is 13.1 Å². The maximum atomic E-state index is 13.1. The van der Waals surface area contributed by atoms with Crippen LogP contribution in [0, 0.1) is 0 Å². The smallest absolute Gasteiger partial charge is 0.245 e. The fourth-order valence-corrected chi connectivity index (χ4v) is 7.37. The molecule has 0 radical (unpaired) electrons. The molecule has 0 aliphatic heterocycles. The summed E-state index contributed by atoms with van der Waals surface area (Å²) in [5.41, 5.74) is 0.199. The number of hydrogen-bond acceptors (Lipinski definition) is 12. The molecule has 0 bridgehead atoms. The second kappa shape index (κ2) is 10.4. The third-order valence-corrected chi connectivity index (χ3v) is 9.75. The molecule has 0 aliphatic carbocycles. The predicted octanol–water partition coefficient (Wildman–Crippen LogP) is 3.01. The van der Waals surface area contributed by atoms with Gasteiger partial charge in [0.2, 0.25) is 30.1 Å². The normalized spacial score (nSPS) is 13.2. The fourth-order valence-electron chi connectivity index (χ4n) is 3.93. The molecule has 4 aromatic rings. The van der Waals surface area contributed by atoms with Gasteiger partial charge in [-0.2, -0.15) is 13.1 Å². The van der Waals surface area contributed by atoms with Crippen LogP contribution in [0.15, 0.2) is 56.4 Å². The number of benzene rings is 3. The van der Waals surface area contributed by atoms with Crippen molar-refractivity contribution in [3.63, 3.8) is 0 Å². The SMILES string of the molecule is CCN(CC)S(=O)(=O)c1ccc(/N=N/c2cc(S(N)(=O)=O)c(O)c3cccc(NS(C)(=O)=O)c23)c2nsnc12. The van der Waals surface area contributed by atoms with E-state index >= 15 is 0 Å². The molecule has 208 valence electrons. The first-order chi connectivity index (χ1) is 18.2. The van der Waals surface area contributed by atoms with Crippen molar-refractivity contribution in [2.24, 2.45) is 15.4 Å². The zero-order valence-corrected chi connectivity index (χ0v) is 24.0. The number of phenolic OH excluding ortho intramolecular Hbond substituents is 1. The van der Waals surface area contributed by atoms with Crippen molar-refractivity contribution in [2.45, 2.75) is 23.6 Å². The molecule has 0 spiro atoms. The number of rotatable bonds is 9. The minimum Gasteiger partial charge on any atom is -0.506 e. The molecule has 1 aromatic heterocycles. The highest BCUT2D eigenvalue weighted by molar-refractivity contribution is 7.92. The second-order valence-electron chi connectivity index (χ2n) is 8.22. The van der Waals surface area contributed by atoms with Gasteiger partial charge in [0.1, 0.15) is 32.3 Å². The van der Waals surface area contributed by atoms with Crippen LogP contribution in [0.4, 0.5) is 17.1 Å². The number of azo groups is 1. The van der Waals surface area contributed by atoms with Gasteiger partial charge in [0.25, 0.3) is 0 Å². The third kappa shape index (κ3) is 5.56. The summed E-state index contributed by atoms with van der Waals surface area (Å²) in [6.45, 7) is 3.93. The lowest BCUT2D eigenvalue weighted by atomic mass is 10.1. The monoisotopic (exact) mass is 613 g/mol. The molecule has 4 rings (SSSR count). The van der Waals surface area contributed by atoms with Gasteiger partial charge in [0.15, 0.2) is 0 Å². The van der Waals surface area contributed by atoms with Crippen molar-refractivity contribution in [3.05, 3.63) is 36.4 Å². The van der Waals surface area contributed by atoms with E-state index in [0.29, 0.717) is 0 Å². The van der Waals surface area contributed by atoms with Crippen LogP contribution in [-0.4, -0.2) is 62.8 Å². The number of nitrogens with zero attached hydrogens (tertiary/aromatic N) is 5. The van der Waals surface area contributed by atoms with E-state index in [4.69, 9.17) is 5.14 Å². The number of fused-ring (bicyclic) bond motifs is 2. The molecule has 1 heterocycles. The molecule has 0 saturated carbocycles. The number of aromatic nitrogens is 2. The average molecular weight is 614 g/mol. The number of hydrogen-bond donors (Lipinski definition) is 3. The van der Waals surface area contributed by atoms with Gasteiger partial charge in [-0.15, -0.1) is 10.2 Å². The Kier molecular flexibility index (Phi) is 7.63. The molecule has 4 N–H and O–H groups in total. The Hall–Kier alpha value is -3.29. The van der Waals surface area contributed by atoms with Crippen LogP contribution >= 0.6 is 11.7 Å². The standard InChI is InChI=1S/C21H23N7O7S4/c1-4-28(5-2)39(34,35)16-10-9-14(19-20(16)26-36-25-19)23-24-15-11-17(38(22,32)33)21(29)12-7-6-8-13(18(12)15)27-37(3,30)31/h6-11,27,29H,4-5H2,1-3H3,(H2,22,32,33)/b24-23+. The number of aromatic hydroxyl groups is 1. The molecule has 0 aliphatic rings. The van der Waals surface area contributed by atoms with Gasteiger partial charge in [-0.3, -0.25) is 4.72 Å². The molecular weight excluding hydrogens is 591 g/mol. The summed E-state index contributed by atoms with van der Waals surface area (Å²) < 4.78 is 86.4. The Bertz CT molecular complexity index is 1950. The molecule has 14 nitrogen and oxygen atoms in total. The molecular formula is C21H23N7O7S4. The summed E-state index contributed by atoms with van der Waals surface area (Å²) in [6, 6.07) is 7.83. The zero-order chi connectivity index (χ0) is 28.8. The topological polar surface area (TPSA) is 214 Å². The molecule has 0 fully saturated rings. The van der Waals surface area contributed by atoms with Crippen molar-refractivity contribution in [1.29, 1.82) is 0 Å². The summed E-state index contributed by atoms with van der Waals surface area (Å²) >= 11 is 0.775. The molecule has 3 aromatic carbocycles. The van der Waals surface area contributed by atoms with Gasteiger partial charge in [0.05, 0.1) is 29.4 Å². The molecule has 18 heteroatoms. The Morgan fingerprint density at radius 3 is 2.21 bits per heavy atom. The van der Waals surface area contributed by atoms with Crippen LogP contribution in [0.3, 0.4) is 0 Å². The highest BCUT2D eigenvalue weighted by Crippen LogP contribution is 2.43. The second-order valence-corrected chi connectivity index (χ2v) is 13.9. The van der Waals surface area contributed by atoms with Gasteiger partial charge in [-0.1, -0.05) is 26.0 Å². The summed E-state index contributed by atoms with van der Waals surface area (Å²) in [4.78, 5) is -0.707. The largest absolute Gasteiger partial charge is 0.506 e. The highest BCUT2D eigenvalue weighted by Gasteiger charge is 2.27. The minimum absolute atomic E-state index is 0.00125. The van der Waals surface area contributed by atoms with Crippen molar-refractivity contribution >= 4 is 80.7 Å². The van der Waals surface area contributed by atoms with Crippen LogP contribution in [-0.2, 0) is 30.1 Å². The van der Waals surface area contributed by atoms with E-state index in [-0.39, 0.29) is 56.9 Å². The predicted molar refractivity (Wildman–Crippen MR) is 147 cm³/mol. The highest BCUT2D eigenvalue weighted by atomic mass is 32.2. The average Bonchev–Trinajstić information content (AvgIpc) is 3.32. The lowest BCUT2D eigenvalue weighted by molar-refractivity contribution is 0.446. The molecule has 0 unspecified atom stereocenters. The van der Waals surface area contributed by atoms with Crippen LogP contribution in [0.1, 0.15) is 13.8 Å². The first kappa shape index (κ1) is 28.7. The Labute approximate surface area is 228 Å². The first-order valence-corrected chi connectivity index (χ1v) is 16.8. The van der Waals surface area contributed by atoms with Gasteiger partial charge in [-0.25, -0.2) is 30.4 Å². The van der Waals surface area contributed by atoms with E-state index in [2.05, 4.69) is 23.7 Å². The molecule has 0 saturated heterocycles. The van der Waals surface area contributed by atoms with Crippen molar-refractivity contribution < 1.29 is 30.4 Å². The van der Waals surface area contributed by atoms with Crippen molar-refractivity contribution in [2.75, 3.05) is 24.1 Å². The van der Waals surface area contributed by atoms with E-state index < -0.39 is 40.7 Å². The summed E-state index contributed by atoms with van der Waals surface area (Å²) in [6.07, 6.45) is 0.922. The number of phenols is 1. The number of primary sulfonamides is 1. The maximum absolute atomic E-state index is 13.1. The van der Waals surface area contributed by atoms with E-state index in [9.17, 15) is 30.4 Å². The van der Waals surface area contributed by atoms with Crippen LogP contribution in [0.25, 0.3) is 21.8 Å². The summed E-state index contributed by atoms with van der Waals surface area (Å²) in [7, 11) is -12.1. The van der Waals surface area contributed by atoms with Gasteiger partial charge in [0, 0.05) is 23.9 Å². The van der Waals surface area contributed by atoms with Gasteiger partial charge >= 0.3 is 0 Å².